The van der Waals surface area contributed by atoms with Crippen molar-refractivity contribution in [2.75, 3.05) is 0 Å². The first-order valence-corrected chi connectivity index (χ1v) is 11.6. The second-order valence-electron chi connectivity index (χ2n) is 8.40. The third-order valence-corrected chi connectivity index (χ3v) is 5.82. The van der Waals surface area contributed by atoms with Crippen LogP contribution in [-0.2, 0) is 6.54 Å². The normalized spacial score (nSPS) is 12.7. The molecule has 0 aliphatic heterocycles. The van der Waals surface area contributed by atoms with Crippen molar-refractivity contribution in [1.82, 2.24) is 20.4 Å². The molecule has 0 saturated carbocycles. The molecule has 8 heteroatoms. The van der Waals surface area contributed by atoms with Gasteiger partial charge in [0.1, 0.15) is 23.4 Å². The number of fused-ring (bicyclic) bond motifs is 1. The molecular formula is C28H25FN4O3. The Kier molecular flexibility index (Phi) is 6.66. The minimum absolute atomic E-state index is 0.289. The molecule has 3 aromatic carbocycles. The number of nitrogens with zero attached hydrogens (tertiary/aromatic N) is 2. The maximum absolute atomic E-state index is 13.3. The number of benzene rings is 3. The zero-order valence-electron chi connectivity index (χ0n) is 19.6. The van der Waals surface area contributed by atoms with E-state index in [1.165, 1.54) is 12.1 Å². The molecule has 0 fully saturated rings. The highest BCUT2D eigenvalue weighted by Gasteiger charge is 2.23. The maximum Gasteiger partial charge on any atom is 0.315 e. The van der Waals surface area contributed by atoms with E-state index in [0.717, 1.165) is 22.2 Å². The molecule has 2 amide bonds. The summed E-state index contributed by atoms with van der Waals surface area (Å²) in [4.78, 5) is 12.5. The van der Waals surface area contributed by atoms with Gasteiger partial charge in [-0.2, -0.15) is 5.10 Å². The van der Waals surface area contributed by atoms with Gasteiger partial charge in [0, 0.05) is 5.39 Å². The van der Waals surface area contributed by atoms with Crippen LogP contribution in [0, 0.1) is 5.82 Å². The van der Waals surface area contributed by atoms with E-state index in [1.54, 1.807) is 41.4 Å². The molecule has 2 atom stereocenters. The number of aromatic nitrogens is 2. The molecule has 182 valence electrons. The van der Waals surface area contributed by atoms with Gasteiger partial charge in [-0.3, -0.25) is 0 Å². The van der Waals surface area contributed by atoms with Crippen molar-refractivity contribution >= 4 is 16.9 Å². The average molecular weight is 485 g/mol. The fourth-order valence-corrected chi connectivity index (χ4v) is 4.03. The summed E-state index contributed by atoms with van der Waals surface area (Å²) in [7, 11) is 0. The van der Waals surface area contributed by atoms with Crippen molar-refractivity contribution in [3.8, 4) is 11.4 Å². The zero-order chi connectivity index (χ0) is 24.9. The van der Waals surface area contributed by atoms with Crippen LogP contribution in [0.5, 0.6) is 5.75 Å². The topological polar surface area (TPSA) is 81.3 Å². The van der Waals surface area contributed by atoms with Crippen LogP contribution in [0.3, 0.4) is 0 Å². The number of urea groups is 1. The maximum atomic E-state index is 13.3. The molecule has 0 aliphatic rings. The minimum atomic E-state index is -0.440. The van der Waals surface area contributed by atoms with Crippen molar-refractivity contribution in [3.05, 3.63) is 115 Å². The summed E-state index contributed by atoms with van der Waals surface area (Å²) >= 11 is 0. The molecule has 0 saturated heterocycles. The molecule has 5 aromatic rings. The highest BCUT2D eigenvalue weighted by Crippen LogP contribution is 2.29. The van der Waals surface area contributed by atoms with E-state index in [0.29, 0.717) is 11.5 Å². The molecule has 2 aromatic heterocycles. The number of furan rings is 1. The third kappa shape index (κ3) is 5.22. The Morgan fingerprint density at radius 2 is 1.86 bits per heavy atom. The van der Waals surface area contributed by atoms with E-state index in [-0.39, 0.29) is 24.4 Å². The van der Waals surface area contributed by atoms with Crippen LogP contribution in [0.15, 0.2) is 102 Å². The zero-order valence-corrected chi connectivity index (χ0v) is 19.6. The molecule has 0 radical (unpaired) electrons. The summed E-state index contributed by atoms with van der Waals surface area (Å²) in [5.74, 6) is 1.01. The second kappa shape index (κ2) is 10.4. The van der Waals surface area contributed by atoms with Crippen LogP contribution in [0.1, 0.15) is 24.4 Å². The average Bonchev–Trinajstić information content (AvgIpc) is 3.57. The quantitative estimate of drug-likeness (QED) is 0.293. The number of amides is 2. The summed E-state index contributed by atoms with van der Waals surface area (Å²) in [5, 5.41) is 11.1. The van der Waals surface area contributed by atoms with Crippen LogP contribution >= 0.6 is 0 Å². The highest BCUT2D eigenvalue weighted by molar-refractivity contribution is 5.81. The van der Waals surface area contributed by atoms with Gasteiger partial charge in [0.05, 0.1) is 36.3 Å². The van der Waals surface area contributed by atoms with Gasteiger partial charge >= 0.3 is 6.03 Å². The summed E-state index contributed by atoms with van der Waals surface area (Å²) in [6, 6.07) is 24.5. The van der Waals surface area contributed by atoms with Gasteiger partial charge in [-0.15, -0.1) is 0 Å². The summed E-state index contributed by atoms with van der Waals surface area (Å²) in [6.45, 7) is 2.19. The number of ether oxygens (including phenoxy) is 1. The van der Waals surface area contributed by atoms with Gasteiger partial charge in [0.25, 0.3) is 0 Å². The molecule has 2 N–H and O–H groups in total. The fourth-order valence-electron chi connectivity index (χ4n) is 4.03. The molecular weight excluding hydrogens is 459 g/mol. The van der Waals surface area contributed by atoms with Gasteiger partial charge in [-0.1, -0.05) is 30.3 Å². The summed E-state index contributed by atoms with van der Waals surface area (Å²) in [6.07, 6.45) is 2.87. The van der Waals surface area contributed by atoms with E-state index < -0.39 is 6.10 Å². The van der Waals surface area contributed by atoms with E-state index >= 15 is 0 Å². The highest BCUT2D eigenvalue weighted by atomic mass is 19.1. The van der Waals surface area contributed by atoms with Crippen LogP contribution in [-0.4, -0.2) is 21.9 Å². The third-order valence-electron chi connectivity index (χ3n) is 5.82. The fraction of sp³-hybridized carbons (Fsp3) is 0.143. The number of halogens is 1. The largest absolute Gasteiger partial charge is 0.484 e. The molecule has 36 heavy (non-hydrogen) atoms. The lowest BCUT2D eigenvalue weighted by Crippen LogP contribution is -2.44. The number of rotatable bonds is 8. The first kappa shape index (κ1) is 23.2. The van der Waals surface area contributed by atoms with Gasteiger partial charge in [-0.25, -0.2) is 13.9 Å². The molecule has 0 unspecified atom stereocenters. The Hall–Kier alpha value is -4.59. The SMILES string of the molecule is C[C@H](NC(=O)NCc1ccco1)[C@H](Oc1ccc2c(cnn2-c2ccc(F)cc2)c1)c1ccccc1. The van der Waals surface area contributed by atoms with Crippen molar-refractivity contribution in [1.29, 1.82) is 0 Å². The minimum Gasteiger partial charge on any atom is -0.484 e. The van der Waals surface area contributed by atoms with E-state index in [1.807, 2.05) is 55.5 Å². The van der Waals surface area contributed by atoms with E-state index in [2.05, 4.69) is 15.7 Å². The van der Waals surface area contributed by atoms with Crippen LogP contribution in [0.25, 0.3) is 16.6 Å². The molecule has 5 rings (SSSR count). The van der Waals surface area contributed by atoms with Crippen molar-refractivity contribution in [3.63, 3.8) is 0 Å². The lowest BCUT2D eigenvalue weighted by Gasteiger charge is -2.26. The molecule has 7 nitrogen and oxygen atoms in total. The Bertz CT molecular complexity index is 1430. The Morgan fingerprint density at radius 1 is 1.06 bits per heavy atom. The number of nitrogens with one attached hydrogen (secondary N) is 2. The van der Waals surface area contributed by atoms with Gasteiger partial charge in [0.2, 0.25) is 0 Å². The first-order chi connectivity index (χ1) is 17.6. The van der Waals surface area contributed by atoms with Crippen LogP contribution < -0.4 is 15.4 Å². The van der Waals surface area contributed by atoms with Gasteiger partial charge in [0.15, 0.2) is 0 Å². The predicted octanol–water partition coefficient (Wildman–Crippen LogP) is 5.77. The molecule has 0 spiro atoms. The number of hydrogen-bond donors (Lipinski definition) is 2. The summed E-state index contributed by atoms with van der Waals surface area (Å²) < 4.78 is 26.7. The van der Waals surface area contributed by atoms with Crippen LogP contribution in [0.4, 0.5) is 9.18 Å². The molecule has 2 heterocycles. The Labute approximate surface area is 207 Å². The van der Waals surface area contributed by atoms with Crippen molar-refractivity contribution in [2.45, 2.75) is 25.6 Å². The monoisotopic (exact) mass is 484 g/mol. The van der Waals surface area contributed by atoms with Crippen molar-refractivity contribution < 1.29 is 18.3 Å². The van der Waals surface area contributed by atoms with Crippen molar-refractivity contribution in [2.24, 2.45) is 0 Å². The lowest BCUT2D eigenvalue weighted by molar-refractivity contribution is 0.161. The Morgan fingerprint density at radius 3 is 2.61 bits per heavy atom. The summed E-state index contributed by atoms with van der Waals surface area (Å²) in [5.41, 5.74) is 2.56. The number of carbonyl (C=O) groups is 1. The second-order valence-corrected chi connectivity index (χ2v) is 8.40. The standard InChI is InChI=1S/C28H25FN4O3/c1-19(32-28(34)30-18-25-8-5-15-35-25)27(20-6-3-2-4-7-20)36-24-13-14-26-21(16-24)17-31-33(26)23-11-9-22(29)10-12-23/h2-17,19,27H,18H2,1H3,(H2,30,32,34)/t19-,27-/m0/s1. The van der Waals surface area contributed by atoms with E-state index in [4.69, 9.17) is 9.15 Å². The number of hydrogen-bond acceptors (Lipinski definition) is 4. The van der Waals surface area contributed by atoms with Crippen LogP contribution in [0.2, 0.25) is 0 Å². The van der Waals surface area contributed by atoms with E-state index in [9.17, 15) is 9.18 Å². The number of carbonyl (C=O) groups excluding carboxylic acids is 1. The molecule has 0 aliphatic carbocycles. The van der Waals surface area contributed by atoms with Gasteiger partial charge in [-0.05, 0) is 67.1 Å². The Balaban J connectivity index is 1.34. The molecule has 0 bridgehead atoms. The van der Waals surface area contributed by atoms with Gasteiger partial charge < -0.3 is 19.8 Å². The smallest absolute Gasteiger partial charge is 0.315 e. The predicted molar refractivity (Wildman–Crippen MR) is 134 cm³/mol. The lowest BCUT2D eigenvalue weighted by atomic mass is 10.0. The first-order valence-electron chi connectivity index (χ1n) is 11.6.